The Balaban J connectivity index is 2.95. The molecule has 0 amide bonds. The average Bonchev–Trinajstić information content (AvgIpc) is 2.12. The summed E-state index contributed by atoms with van der Waals surface area (Å²) < 4.78 is 17.6. The monoisotopic (exact) mass is 198 g/mol. The van der Waals surface area contributed by atoms with Gasteiger partial charge in [-0.05, 0) is 12.1 Å². The highest BCUT2D eigenvalue weighted by atomic mass is 35.5. The molecule has 13 heavy (non-hydrogen) atoms. The molecular weight excluding hydrogens is 195 g/mol. The molecule has 2 aromatic rings. The van der Waals surface area contributed by atoms with Gasteiger partial charge >= 0.3 is 0 Å². The van der Waals surface area contributed by atoms with Gasteiger partial charge in [0.1, 0.15) is 11.8 Å². The highest BCUT2D eigenvalue weighted by Gasteiger charge is 2.05. The summed E-state index contributed by atoms with van der Waals surface area (Å²) in [4.78, 5) is 11.2. The lowest BCUT2D eigenvalue weighted by Crippen LogP contribution is -2.05. The van der Waals surface area contributed by atoms with Gasteiger partial charge in [-0.15, -0.1) is 0 Å². The number of benzene rings is 1. The molecule has 0 bridgehead atoms. The fourth-order valence-electron chi connectivity index (χ4n) is 1.08. The number of halogens is 2. The van der Waals surface area contributed by atoms with Crippen molar-refractivity contribution in [2.75, 3.05) is 0 Å². The molecule has 1 aromatic carbocycles. The molecule has 0 saturated carbocycles. The summed E-state index contributed by atoms with van der Waals surface area (Å²) >= 11 is 5.66. The van der Waals surface area contributed by atoms with Crippen LogP contribution in [0.25, 0.3) is 11.0 Å². The molecule has 2 nitrogen and oxygen atoms in total. The van der Waals surface area contributed by atoms with Crippen molar-refractivity contribution < 1.29 is 8.81 Å². The second-order valence-electron chi connectivity index (χ2n) is 2.55. The van der Waals surface area contributed by atoms with Crippen molar-refractivity contribution in [3.63, 3.8) is 0 Å². The lowest BCUT2D eigenvalue weighted by atomic mass is 10.2. The fraction of sp³-hybridized carbons (Fsp3) is 0. The number of rotatable bonds is 0. The van der Waals surface area contributed by atoms with E-state index in [4.69, 9.17) is 16.0 Å². The molecule has 0 atom stereocenters. The van der Waals surface area contributed by atoms with Crippen LogP contribution in [0.3, 0.4) is 0 Å². The summed E-state index contributed by atoms with van der Waals surface area (Å²) in [6, 6.07) is 4.42. The van der Waals surface area contributed by atoms with Crippen LogP contribution in [0.15, 0.2) is 33.7 Å². The summed E-state index contributed by atoms with van der Waals surface area (Å²) in [7, 11) is 0. The Labute approximate surface area is 77.5 Å². The van der Waals surface area contributed by atoms with Crippen LogP contribution in [0.1, 0.15) is 0 Å². The van der Waals surface area contributed by atoms with Gasteiger partial charge in [0.05, 0.1) is 5.39 Å². The van der Waals surface area contributed by atoms with Crippen molar-refractivity contribution in [1.29, 1.82) is 0 Å². The van der Waals surface area contributed by atoms with E-state index < -0.39 is 11.2 Å². The van der Waals surface area contributed by atoms with Crippen molar-refractivity contribution in [2.45, 2.75) is 0 Å². The van der Waals surface area contributed by atoms with Crippen LogP contribution < -0.4 is 5.43 Å². The van der Waals surface area contributed by atoms with E-state index in [9.17, 15) is 9.18 Å². The third kappa shape index (κ3) is 1.31. The molecule has 1 heterocycles. The van der Waals surface area contributed by atoms with Crippen molar-refractivity contribution in [1.82, 2.24) is 0 Å². The molecule has 0 aliphatic heterocycles. The largest absolute Gasteiger partial charge is 0.461 e. The van der Waals surface area contributed by atoms with Crippen LogP contribution in [0, 0.1) is 5.82 Å². The van der Waals surface area contributed by atoms with Gasteiger partial charge in [-0.25, -0.2) is 0 Å². The van der Waals surface area contributed by atoms with Gasteiger partial charge in [-0.1, -0.05) is 11.6 Å². The fourth-order valence-corrected chi connectivity index (χ4v) is 1.24. The van der Waals surface area contributed by atoms with Gasteiger partial charge in [-0.2, -0.15) is 4.39 Å². The maximum absolute atomic E-state index is 12.7. The minimum absolute atomic E-state index is 0.199. The Morgan fingerprint density at radius 3 is 2.92 bits per heavy atom. The predicted octanol–water partition coefficient (Wildman–Crippen LogP) is 2.59. The first-order valence-electron chi connectivity index (χ1n) is 3.55. The minimum Gasteiger partial charge on any atom is -0.461 e. The number of hydrogen-bond acceptors (Lipinski definition) is 2. The lowest BCUT2D eigenvalue weighted by Gasteiger charge is -1.95. The maximum Gasteiger partial charge on any atom is 0.228 e. The minimum atomic E-state index is -0.894. The van der Waals surface area contributed by atoms with Gasteiger partial charge in [0, 0.05) is 11.1 Å². The third-order valence-corrected chi connectivity index (χ3v) is 1.93. The first kappa shape index (κ1) is 8.26. The molecule has 2 rings (SSSR count). The zero-order valence-corrected chi connectivity index (χ0v) is 7.14. The first-order chi connectivity index (χ1) is 6.18. The summed E-state index contributed by atoms with van der Waals surface area (Å²) in [6.45, 7) is 0. The molecule has 0 fully saturated rings. The zero-order chi connectivity index (χ0) is 9.42. The number of hydrogen-bond donors (Lipinski definition) is 0. The second-order valence-corrected chi connectivity index (χ2v) is 2.99. The van der Waals surface area contributed by atoms with E-state index in [0.29, 0.717) is 10.6 Å². The molecule has 0 radical (unpaired) electrons. The molecule has 4 heteroatoms. The second kappa shape index (κ2) is 2.85. The van der Waals surface area contributed by atoms with E-state index in [2.05, 4.69) is 0 Å². The highest BCUT2D eigenvalue weighted by Crippen LogP contribution is 2.16. The topological polar surface area (TPSA) is 30.2 Å². The molecule has 0 aliphatic rings. The van der Waals surface area contributed by atoms with Gasteiger partial charge in [0.25, 0.3) is 0 Å². The molecule has 1 aromatic heterocycles. The standard InChI is InChI=1S/C9H4ClFO2/c10-5-1-2-6-8(3-5)13-4-7(11)9(6)12/h1-4H. The molecule has 0 N–H and O–H groups in total. The average molecular weight is 199 g/mol. The summed E-state index contributed by atoms with van der Waals surface area (Å²) in [5.74, 6) is -0.894. The van der Waals surface area contributed by atoms with Gasteiger partial charge in [-0.3, -0.25) is 4.79 Å². The van der Waals surface area contributed by atoms with E-state index in [1.54, 1.807) is 0 Å². The van der Waals surface area contributed by atoms with E-state index in [0.717, 1.165) is 6.26 Å². The Hall–Kier alpha value is -1.35. The normalized spacial score (nSPS) is 10.6. The Bertz CT molecular complexity index is 518. The van der Waals surface area contributed by atoms with Crippen molar-refractivity contribution in [3.8, 4) is 0 Å². The summed E-state index contributed by atoms with van der Waals surface area (Å²) in [5.41, 5.74) is -0.378. The highest BCUT2D eigenvalue weighted by molar-refractivity contribution is 6.31. The van der Waals surface area contributed by atoms with E-state index in [1.165, 1.54) is 18.2 Å². The Morgan fingerprint density at radius 1 is 1.38 bits per heavy atom. The van der Waals surface area contributed by atoms with Crippen LogP contribution in [0.2, 0.25) is 5.02 Å². The SMILES string of the molecule is O=c1c(F)coc2cc(Cl)ccc12. The van der Waals surface area contributed by atoms with Crippen molar-refractivity contribution in [2.24, 2.45) is 0 Å². The maximum atomic E-state index is 12.7. The van der Waals surface area contributed by atoms with Crippen LogP contribution in [-0.2, 0) is 0 Å². The predicted molar refractivity (Wildman–Crippen MR) is 47.5 cm³/mol. The quantitative estimate of drug-likeness (QED) is 0.651. The Morgan fingerprint density at radius 2 is 2.15 bits per heavy atom. The first-order valence-corrected chi connectivity index (χ1v) is 3.93. The Kier molecular flexibility index (Phi) is 1.81. The smallest absolute Gasteiger partial charge is 0.228 e. The van der Waals surface area contributed by atoms with Gasteiger partial charge in [0.2, 0.25) is 11.2 Å². The molecule has 0 unspecified atom stereocenters. The molecule has 0 spiro atoms. The van der Waals surface area contributed by atoms with Crippen LogP contribution in [-0.4, -0.2) is 0 Å². The van der Waals surface area contributed by atoms with Crippen LogP contribution in [0.5, 0.6) is 0 Å². The molecular formula is C9H4ClFO2. The van der Waals surface area contributed by atoms with Crippen LogP contribution >= 0.6 is 11.6 Å². The third-order valence-electron chi connectivity index (χ3n) is 1.69. The van der Waals surface area contributed by atoms with Crippen LogP contribution in [0.4, 0.5) is 4.39 Å². The molecule has 66 valence electrons. The van der Waals surface area contributed by atoms with Gasteiger partial charge in [0.15, 0.2) is 0 Å². The van der Waals surface area contributed by atoms with E-state index >= 15 is 0 Å². The molecule has 0 saturated heterocycles. The van der Waals surface area contributed by atoms with Gasteiger partial charge < -0.3 is 4.42 Å². The zero-order valence-electron chi connectivity index (χ0n) is 6.38. The van der Waals surface area contributed by atoms with E-state index in [-0.39, 0.29) is 5.39 Å². The summed E-state index contributed by atoms with van der Waals surface area (Å²) in [5, 5.41) is 0.645. The van der Waals surface area contributed by atoms with Crippen molar-refractivity contribution >= 4 is 22.6 Å². The lowest BCUT2D eigenvalue weighted by molar-refractivity contribution is 0.520. The molecule has 0 aliphatic carbocycles. The van der Waals surface area contributed by atoms with E-state index in [1.807, 2.05) is 0 Å². The summed E-state index contributed by atoms with van der Waals surface area (Å²) in [6.07, 6.45) is 0.779. The number of fused-ring (bicyclic) bond motifs is 1. The van der Waals surface area contributed by atoms with Crippen molar-refractivity contribution in [3.05, 3.63) is 45.5 Å².